The van der Waals surface area contributed by atoms with E-state index in [-0.39, 0.29) is 9.39 Å². The largest absolute Gasteiger partial charge is 0.383 e. The SMILES string of the molecule is C=CB[SiH2]C1CCCCO1. The third kappa shape index (κ3) is 2.71. The molecule has 0 aromatic carbocycles. The van der Waals surface area contributed by atoms with Gasteiger partial charge >= 0.3 is 0 Å². The molecule has 0 spiro atoms. The Bertz CT molecular complexity index is 102. The highest BCUT2D eigenvalue weighted by atomic mass is 28.2. The van der Waals surface area contributed by atoms with Crippen LogP contribution >= 0.6 is 0 Å². The molecule has 0 N–H and O–H groups in total. The fraction of sp³-hybridized carbons (Fsp3) is 0.714. The topological polar surface area (TPSA) is 9.23 Å². The van der Waals surface area contributed by atoms with Crippen LogP contribution in [0.5, 0.6) is 0 Å². The van der Waals surface area contributed by atoms with Gasteiger partial charge in [0.25, 0.3) is 0 Å². The van der Waals surface area contributed by atoms with Crippen LogP contribution < -0.4 is 0 Å². The number of ether oxygens (including phenoxy) is 1. The molecule has 1 atom stereocenters. The second-order valence-corrected chi connectivity index (χ2v) is 4.92. The van der Waals surface area contributed by atoms with Crippen molar-refractivity contribution in [2.45, 2.75) is 25.0 Å². The molecular formula is C7H15BOSi. The highest BCUT2D eigenvalue weighted by Gasteiger charge is 2.12. The van der Waals surface area contributed by atoms with Gasteiger partial charge in [0.15, 0.2) is 0 Å². The molecule has 1 fully saturated rings. The Labute approximate surface area is 65.8 Å². The van der Waals surface area contributed by atoms with Crippen molar-refractivity contribution in [1.82, 2.24) is 0 Å². The standard InChI is InChI=1S/C7H15BOSi/c1-2-8-10-7-5-3-4-6-9-7/h2,7-8H,1,3-6,10H2. The second-order valence-electron chi connectivity index (χ2n) is 2.85. The molecule has 0 aliphatic carbocycles. The lowest BCUT2D eigenvalue weighted by Gasteiger charge is -2.21. The van der Waals surface area contributed by atoms with Gasteiger partial charge in [0, 0.05) is 21.7 Å². The maximum Gasteiger partial charge on any atom is 0.137 e. The van der Waals surface area contributed by atoms with Gasteiger partial charge in [-0.1, -0.05) is 0 Å². The molecule has 0 saturated carbocycles. The molecule has 1 heterocycles. The van der Waals surface area contributed by atoms with Crippen molar-refractivity contribution in [2.24, 2.45) is 0 Å². The molecule has 3 heteroatoms. The fourth-order valence-corrected chi connectivity index (χ4v) is 2.86. The van der Waals surface area contributed by atoms with Crippen LogP contribution in [0.25, 0.3) is 0 Å². The van der Waals surface area contributed by atoms with Crippen LogP contribution in [0.1, 0.15) is 19.3 Å². The van der Waals surface area contributed by atoms with Gasteiger partial charge in [-0.15, -0.1) is 12.6 Å². The molecule has 0 aromatic rings. The Kier molecular flexibility index (Phi) is 3.83. The summed E-state index contributed by atoms with van der Waals surface area (Å²) in [6.07, 6.45) is 3.98. The van der Waals surface area contributed by atoms with Gasteiger partial charge in [-0.05, 0) is 19.3 Å². The van der Waals surface area contributed by atoms with Gasteiger partial charge in [-0.25, -0.2) is 0 Å². The summed E-state index contributed by atoms with van der Waals surface area (Å²) in [5, 5.41) is 0. The molecule has 1 saturated heterocycles. The van der Waals surface area contributed by atoms with Gasteiger partial charge in [-0.2, -0.15) is 0 Å². The van der Waals surface area contributed by atoms with Crippen LogP contribution in [0.2, 0.25) is 0 Å². The summed E-state index contributed by atoms with van der Waals surface area (Å²) >= 11 is 0. The van der Waals surface area contributed by atoms with Crippen LogP contribution in [0, 0.1) is 0 Å². The van der Waals surface area contributed by atoms with E-state index in [1.807, 2.05) is 5.98 Å². The summed E-state index contributed by atoms with van der Waals surface area (Å²) in [7, 11) is 0.0252. The van der Waals surface area contributed by atoms with E-state index in [1.54, 1.807) is 0 Å². The first-order chi connectivity index (χ1) is 4.93. The lowest BCUT2D eigenvalue weighted by molar-refractivity contribution is 0.0665. The van der Waals surface area contributed by atoms with E-state index in [9.17, 15) is 0 Å². The van der Waals surface area contributed by atoms with Crippen molar-refractivity contribution in [1.29, 1.82) is 0 Å². The molecule has 0 amide bonds. The number of hydrogen-bond donors (Lipinski definition) is 0. The zero-order valence-corrected chi connectivity index (χ0v) is 7.93. The zero-order valence-electron chi connectivity index (χ0n) is 6.51. The summed E-state index contributed by atoms with van der Waals surface area (Å²) in [6.45, 7) is 5.97. The Morgan fingerprint density at radius 2 is 2.50 bits per heavy atom. The predicted octanol–water partition coefficient (Wildman–Crippen LogP) is 0.177. The summed E-state index contributed by atoms with van der Waals surface area (Å²) in [5.74, 6) is 2.03. The van der Waals surface area contributed by atoms with Crippen LogP contribution in [-0.2, 0) is 4.74 Å². The van der Waals surface area contributed by atoms with E-state index in [1.165, 1.54) is 26.1 Å². The third-order valence-corrected chi connectivity index (χ3v) is 4.00. The molecule has 1 nitrogen and oxygen atoms in total. The zero-order chi connectivity index (χ0) is 7.23. The molecule has 0 bridgehead atoms. The van der Waals surface area contributed by atoms with Gasteiger partial charge in [-0.3, -0.25) is 0 Å². The van der Waals surface area contributed by atoms with Crippen LogP contribution in [0.15, 0.2) is 12.6 Å². The molecule has 56 valence electrons. The first-order valence-electron chi connectivity index (χ1n) is 4.16. The van der Waals surface area contributed by atoms with Crippen molar-refractivity contribution >= 4 is 16.3 Å². The van der Waals surface area contributed by atoms with Crippen LogP contribution in [0.3, 0.4) is 0 Å². The van der Waals surface area contributed by atoms with Crippen LogP contribution in [-0.4, -0.2) is 28.6 Å². The Hall–Kier alpha value is -0.0182. The predicted molar refractivity (Wildman–Crippen MR) is 49.5 cm³/mol. The minimum absolute atomic E-state index is 0.0252. The smallest absolute Gasteiger partial charge is 0.137 e. The quantitative estimate of drug-likeness (QED) is 0.527. The van der Waals surface area contributed by atoms with E-state index in [2.05, 4.69) is 6.58 Å². The van der Waals surface area contributed by atoms with Crippen LogP contribution in [0.4, 0.5) is 0 Å². The molecule has 1 aliphatic rings. The summed E-state index contributed by atoms with van der Waals surface area (Å²) < 4.78 is 5.59. The van der Waals surface area contributed by atoms with Gasteiger partial charge < -0.3 is 4.74 Å². The number of rotatable bonds is 3. The molecular weight excluding hydrogens is 139 g/mol. The maximum absolute atomic E-state index is 5.59. The third-order valence-electron chi connectivity index (χ3n) is 1.97. The molecule has 1 aliphatic heterocycles. The van der Waals surface area contributed by atoms with Gasteiger partial charge in [0.2, 0.25) is 0 Å². The van der Waals surface area contributed by atoms with E-state index >= 15 is 0 Å². The summed E-state index contributed by atoms with van der Waals surface area (Å²) in [5.41, 5.74) is 0.673. The van der Waals surface area contributed by atoms with Crippen molar-refractivity contribution in [3.8, 4) is 0 Å². The maximum atomic E-state index is 5.59. The van der Waals surface area contributed by atoms with Gasteiger partial charge in [0.1, 0.15) is 6.87 Å². The minimum atomic E-state index is 0.0252. The average Bonchev–Trinajstić information content (AvgIpc) is 2.03. The summed E-state index contributed by atoms with van der Waals surface area (Å²) in [4.78, 5) is 0. The molecule has 10 heavy (non-hydrogen) atoms. The highest BCUT2D eigenvalue weighted by molar-refractivity contribution is 7.03. The van der Waals surface area contributed by atoms with E-state index in [4.69, 9.17) is 4.74 Å². The van der Waals surface area contributed by atoms with E-state index in [0.717, 1.165) is 6.61 Å². The van der Waals surface area contributed by atoms with Gasteiger partial charge in [0.05, 0.1) is 0 Å². The van der Waals surface area contributed by atoms with Crippen molar-refractivity contribution in [3.63, 3.8) is 0 Å². The fourth-order valence-electron chi connectivity index (χ4n) is 1.34. The van der Waals surface area contributed by atoms with Crippen molar-refractivity contribution < 1.29 is 4.74 Å². The molecule has 1 rings (SSSR count). The molecule has 0 aromatic heterocycles. The summed E-state index contributed by atoms with van der Waals surface area (Å²) in [6, 6.07) is 0. The Balaban J connectivity index is 2.07. The lowest BCUT2D eigenvalue weighted by Crippen LogP contribution is -2.28. The molecule has 0 radical (unpaired) electrons. The van der Waals surface area contributed by atoms with E-state index < -0.39 is 0 Å². The normalized spacial score (nSPS) is 27.0. The number of hydrogen-bond acceptors (Lipinski definition) is 1. The minimum Gasteiger partial charge on any atom is -0.383 e. The Morgan fingerprint density at radius 1 is 1.60 bits per heavy atom. The van der Waals surface area contributed by atoms with Crippen molar-refractivity contribution in [3.05, 3.63) is 12.6 Å². The second kappa shape index (κ2) is 4.74. The first kappa shape index (κ1) is 8.08. The Morgan fingerprint density at radius 3 is 3.10 bits per heavy atom. The highest BCUT2D eigenvalue weighted by Crippen LogP contribution is 2.10. The van der Waals surface area contributed by atoms with Crippen molar-refractivity contribution in [2.75, 3.05) is 6.61 Å². The monoisotopic (exact) mass is 154 g/mol. The lowest BCUT2D eigenvalue weighted by atomic mass is 10.1. The first-order valence-corrected chi connectivity index (χ1v) is 5.97. The van der Waals surface area contributed by atoms with E-state index in [0.29, 0.717) is 5.73 Å². The average molecular weight is 154 g/mol. The molecule has 1 unspecified atom stereocenters.